The summed E-state index contributed by atoms with van der Waals surface area (Å²) >= 11 is 0. The molecule has 1 aliphatic heterocycles. The lowest BCUT2D eigenvalue weighted by Gasteiger charge is -2.32. The van der Waals surface area contributed by atoms with Gasteiger partial charge in [0.1, 0.15) is 0 Å². The number of nitrogens with zero attached hydrogens (tertiary/aromatic N) is 1. The highest BCUT2D eigenvalue weighted by atomic mass is 16.7. The Morgan fingerprint density at radius 1 is 1.32 bits per heavy atom. The summed E-state index contributed by atoms with van der Waals surface area (Å²) in [6.07, 6.45) is 3.45. The van der Waals surface area contributed by atoms with Gasteiger partial charge in [-0.1, -0.05) is 0 Å². The molecule has 1 saturated heterocycles. The van der Waals surface area contributed by atoms with Gasteiger partial charge in [0, 0.05) is 17.9 Å². The first-order valence-corrected chi connectivity index (χ1v) is 6.30. The summed E-state index contributed by atoms with van der Waals surface area (Å²) in [5.74, 6) is -0.385. The van der Waals surface area contributed by atoms with E-state index in [0.717, 1.165) is 11.0 Å². The number of pyridine rings is 1. The largest absolute Gasteiger partial charge is 0.496 e. The average Bonchev–Trinajstić information content (AvgIpc) is 2.48. The Morgan fingerprint density at radius 3 is 2.42 bits per heavy atom. The molecule has 1 aromatic rings. The maximum atomic E-state index is 11.1. The zero-order valence-corrected chi connectivity index (χ0v) is 11.8. The van der Waals surface area contributed by atoms with Gasteiger partial charge in [0.05, 0.1) is 17.6 Å². The summed E-state index contributed by atoms with van der Waals surface area (Å²) in [6.45, 7) is 7.93. The van der Waals surface area contributed by atoms with Crippen LogP contribution in [-0.4, -0.2) is 29.2 Å². The number of primary amides is 1. The van der Waals surface area contributed by atoms with Crippen LogP contribution in [-0.2, 0) is 20.5 Å². The van der Waals surface area contributed by atoms with Crippen molar-refractivity contribution in [1.29, 1.82) is 0 Å². The molecule has 6 heteroatoms. The highest BCUT2D eigenvalue weighted by Gasteiger charge is 2.52. The van der Waals surface area contributed by atoms with E-state index in [1.54, 1.807) is 18.5 Å². The maximum absolute atomic E-state index is 11.1. The number of nitrogens with two attached hydrogens (primary N) is 1. The van der Waals surface area contributed by atoms with E-state index in [1.807, 2.05) is 27.7 Å². The first-order chi connectivity index (χ1) is 8.73. The number of amides is 1. The quantitative estimate of drug-likeness (QED) is 0.800. The Bertz CT molecular complexity index is 486. The molecule has 0 spiro atoms. The molecule has 0 bridgehead atoms. The monoisotopic (exact) mass is 262 g/mol. The van der Waals surface area contributed by atoms with Crippen molar-refractivity contribution in [1.82, 2.24) is 4.98 Å². The molecule has 0 aliphatic carbocycles. The van der Waals surface area contributed by atoms with Crippen LogP contribution in [0.1, 0.15) is 33.3 Å². The van der Waals surface area contributed by atoms with Gasteiger partial charge in [-0.2, -0.15) is 0 Å². The van der Waals surface area contributed by atoms with Gasteiger partial charge in [-0.15, -0.1) is 0 Å². The lowest BCUT2D eigenvalue weighted by Crippen LogP contribution is -2.41. The van der Waals surface area contributed by atoms with Gasteiger partial charge in [-0.3, -0.25) is 9.78 Å². The van der Waals surface area contributed by atoms with Crippen LogP contribution in [0.5, 0.6) is 0 Å². The Hall–Kier alpha value is -1.40. The molecular weight excluding hydrogens is 243 g/mol. The summed E-state index contributed by atoms with van der Waals surface area (Å²) < 4.78 is 11.9. The van der Waals surface area contributed by atoms with Crippen molar-refractivity contribution in [2.45, 2.75) is 45.3 Å². The van der Waals surface area contributed by atoms with Crippen LogP contribution in [0.15, 0.2) is 18.5 Å². The third kappa shape index (κ3) is 2.64. The van der Waals surface area contributed by atoms with Crippen molar-refractivity contribution in [3.8, 4) is 0 Å². The van der Waals surface area contributed by atoms with E-state index in [9.17, 15) is 4.79 Å². The van der Waals surface area contributed by atoms with Crippen LogP contribution in [0.25, 0.3) is 0 Å². The molecule has 0 unspecified atom stereocenters. The zero-order valence-electron chi connectivity index (χ0n) is 11.8. The SMILES string of the molecule is CC1(C)OB(c2cnccc2CC(N)=O)OC1(C)C. The molecule has 2 rings (SSSR count). The Kier molecular flexibility index (Phi) is 3.41. The zero-order chi connectivity index (χ0) is 14.3. The first-order valence-electron chi connectivity index (χ1n) is 6.30. The molecule has 1 aromatic heterocycles. The second kappa shape index (κ2) is 4.61. The first kappa shape index (κ1) is 14.0. The summed E-state index contributed by atoms with van der Waals surface area (Å²) in [6, 6.07) is 1.77. The molecule has 5 nitrogen and oxygen atoms in total. The van der Waals surface area contributed by atoms with Crippen LogP contribution in [0, 0.1) is 0 Å². The summed E-state index contributed by atoms with van der Waals surface area (Å²) in [5, 5.41) is 0. The minimum absolute atomic E-state index is 0.155. The normalized spacial score (nSPS) is 20.5. The molecule has 0 saturated carbocycles. The second-order valence-electron chi connectivity index (χ2n) is 5.81. The fraction of sp³-hybridized carbons (Fsp3) is 0.538. The molecule has 1 aliphatic rings. The highest BCUT2D eigenvalue weighted by Crippen LogP contribution is 2.36. The molecule has 102 valence electrons. The van der Waals surface area contributed by atoms with Crippen LogP contribution >= 0.6 is 0 Å². The Labute approximate surface area is 113 Å². The highest BCUT2D eigenvalue weighted by molar-refractivity contribution is 6.62. The number of carbonyl (C=O) groups is 1. The van der Waals surface area contributed by atoms with E-state index < -0.39 is 18.3 Å². The summed E-state index contributed by atoms with van der Waals surface area (Å²) in [7, 11) is -0.520. The predicted octanol–water partition coefficient (Wildman–Crippen LogP) is 0.409. The topological polar surface area (TPSA) is 74.4 Å². The average molecular weight is 262 g/mol. The van der Waals surface area contributed by atoms with E-state index in [-0.39, 0.29) is 12.3 Å². The number of aromatic nitrogens is 1. The van der Waals surface area contributed by atoms with Gasteiger partial charge in [0.15, 0.2) is 0 Å². The van der Waals surface area contributed by atoms with E-state index in [0.29, 0.717) is 0 Å². The fourth-order valence-corrected chi connectivity index (χ4v) is 1.97. The van der Waals surface area contributed by atoms with E-state index in [2.05, 4.69) is 4.98 Å². The third-order valence-electron chi connectivity index (χ3n) is 3.82. The predicted molar refractivity (Wildman–Crippen MR) is 72.9 cm³/mol. The van der Waals surface area contributed by atoms with Crippen LogP contribution in [0.3, 0.4) is 0 Å². The second-order valence-corrected chi connectivity index (χ2v) is 5.81. The van der Waals surface area contributed by atoms with Gasteiger partial charge < -0.3 is 15.0 Å². The van der Waals surface area contributed by atoms with E-state index >= 15 is 0 Å². The van der Waals surface area contributed by atoms with Crippen molar-refractivity contribution >= 4 is 18.5 Å². The molecule has 2 N–H and O–H groups in total. The molecule has 0 atom stereocenters. The van der Waals surface area contributed by atoms with Gasteiger partial charge in [-0.25, -0.2) is 0 Å². The van der Waals surface area contributed by atoms with Crippen molar-refractivity contribution < 1.29 is 14.1 Å². The molecule has 0 radical (unpaired) electrons. The molecule has 1 amide bonds. The number of rotatable bonds is 3. The molecular formula is C13H19BN2O3. The van der Waals surface area contributed by atoms with Crippen molar-refractivity contribution in [2.75, 3.05) is 0 Å². The van der Waals surface area contributed by atoms with Gasteiger partial charge in [0.25, 0.3) is 0 Å². The molecule has 2 heterocycles. The van der Waals surface area contributed by atoms with Crippen LogP contribution in [0.2, 0.25) is 0 Å². The Morgan fingerprint density at radius 2 is 1.89 bits per heavy atom. The Balaban J connectivity index is 2.32. The van der Waals surface area contributed by atoms with E-state index in [4.69, 9.17) is 15.0 Å². The molecule has 0 aromatic carbocycles. The van der Waals surface area contributed by atoms with Crippen LogP contribution in [0.4, 0.5) is 0 Å². The number of hydrogen-bond acceptors (Lipinski definition) is 4. The standard InChI is InChI=1S/C13H19BN2O3/c1-12(2)13(3,4)19-14(18-12)10-8-16-6-5-9(10)7-11(15)17/h5-6,8H,7H2,1-4H3,(H2,15,17). The lowest BCUT2D eigenvalue weighted by molar-refractivity contribution is -0.117. The van der Waals surface area contributed by atoms with Gasteiger partial charge in [-0.05, 0) is 39.3 Å². The lowest BCUT2D eigenvalue weighted by atomic mass is 9.76. The minimum Gasteiger partial charge on any atom is -0.399 e. The third-order valence-corrected chi connectivity index (χ3v) is 3.82. The van der Waals surface area contributed by atoms with Crippen molar-refractivity contribution in [2.24, 2.45) is 5.73 Å². The fourth-order valence-electron chi connectivity index (χ4n) is 1.97. The van der Waals surface area contributed by atoms with Gasteiger partial charge >= 0.3 is 7.12 Å². The summed E-state index contributed by atoms with van der Waals surface area (Å²) in [4.78, 5) is 15.2. The summed E-state index contributed by atoms with van der Waals surface area (Å²) in [5.41, 5.74) is 5.98. The van der Waals surface area contributed by atoms with Crippen molar-refractivity contribution in [3.63, 3.8) is 0 Å². The number of carbonyl (C=O) groups excluding carboxylic acids is 1. The van der Waals surface area contributed by atoms with E-state index in [1.165, 1.54) is 0 Å². The number of hydrogen-bond donors (Lipinski definition) is 1. The molecule has 1 fully saturated rings. The maximum Gasteiger partial charge on any atom is 0.496 e. The van der Waals surface area contributed by atoms with Gasteiger partial charge in [0.2, 0.25) is 5.91 Å². The van der Waals surface area contributed by atoms with Crippen molar-refractivity contribution in [3.05, 3.63) is 24.0 Å². The molecule has 19 heavy (non-hydrogen) atoms. The van der Waals surface area contributed by atoms with Crippen LogP contribution < -0.4 is 11.2 Å². The minimum atomic E-state index is -0.520. The smallest absolute Gasteiger partial charge is 0.399 e.